The van der Waals surface area contributed by atoms with Crippen molar-refractivity contribution in [2.45, 2.75) is 44.2 Å². The number of Topliss-reactive ketones (excluding diaryl/α,β-unsaturated/α-hetero) is 1. The lowest BCUT2D eigenvalue weighted by atomic mass is 9.97. The molecule has 2 rings (SSSR count). The zero-order valence-electron chi connectivity index (χ0n) is 9.33. The van der Waals surface area contributed by atoms with Gasteiger partial charge in [0.25, 0.3) is 0 Å². The molecule has 0 aromatic carbocycles. The summed E-state index contributed by atoms with van der Waals surface area (Å²) in [6.45, 7) is 1.77. The Morgan fingerprint density at radius 3 is 2.69 bits per heavy atom. The van der Waals surface area contributed by atoms with Crippen LogP contribution in [-0.2, 0) is 9.53 Å². The number of amides is 1. The highest BCUT2D eigenvalue weighted by Crippen LogP contribution is 2.18. The first-order valence-electron chi connectivity index (χ1n) is 5.93. The molecular weight excluding hydrogens is 208 g/mol. The first kappa shape index (κ1) is 11.4. The highest BCUT2D eigenvalue weighted by molar-refractivity contribution is 5.79. The first-order chi connectivity index (χ1) is 7.74. The number of rotatable bonds is 2. The summed E-state index contributed by atoms with van der Waals surface area (Å²) in [5.74, 6) is 0.278. The van der Waals surface area contributed by atoms with Gasteiger partial charge in [0, 0.05) is 25.4 Å². The molecule has 1 aliphatic carbocycles. The Morgan fingerprint density at radius 2 is 2.06 bits per heavy atom. The summed E-state index contributed by atoms with van der Waals surface area (Å²) in [4.78, 5) is 22.5. The van der Waals surface area contributed by atoms with Crippen LogP contribution in [0.4, 0.5) is 4.79 Å². The van der Waals surface area contributed by atoms with E-state index in [1.807, 2.05) is 0 Å². The molecular formula is C11H18N2O3. The second-order valence-corrected chi connectivity index (χ2v) is 4.48. The molecule has 2 N–H and O–H groups in total. The van der Waals surface area contributed by atoms with Gasteiger partial charge in [0.15, 0.2) is 0 Å². The average molecular weight is 226 g/mol. The first-order valence-corrected chi connectivity index (χ1v) is 5.93. The Kier molecular flexibility index (Phi) is 3.77. The van der Waals surface area contributed by atoms with Gasteiger partial charge in [0.1, 0.15) is 11.9 Å². The third kappa shape index (κ3) is 3.20. The van der Waals surface area contributed by atoms with Crippen LogP contribution in [0.2, 0.25) is 0 Å². The fourth-order valence-corrected chi connectivity index (χ4v) is 2.16. The standard InChI is InChI=1S/C11H18N2O3/c14-9-1-3-10(4-2-9)16-11(15)13-8-5-6-12-7-8/h8,10,12H,1-7H2,(H,13,15). The third-order valence-corrected chi connectivity index (χ3v) is 3.15. The molecule has 1 aliphatic heterocycles. The van der Waals surface area contributed by atoms with Crippen molar-refractivity contribution in [1.29, 1.82) is 0 Å². The summed E-state index contributed by atoms with van der Waals surface area (Å²) in [6.07, 6.45) is 2.98. The molecule has 0 spiro atoms. The maximum absolute atomic E-state index is 11.5. The number of ketones is 1. The number of ether oxygens (including phenoxy) is 1. The van der Waals surface area contributed by atoms with E-state index >= 15 is 0 Å². The van der Waals surface area contributed by atoms with E-state index in [9.17, 15) is 9.59 Å². The molecule has 1 unspecified atom stereocenters. The maximum Gasteiger partial charge on any atom is 0.407 e. The van der Waals surface area contributed by atoms with Gasteiger partial charge in [0.2, 0.25) is 0 Å². The highest BCUT2D eigenvalue weighted by Gasteiger charge is 2.23. The van der Waals surface area contributed by atoms with Gasteiger partial charge in [-0.15, -0.1) is 0 Å². The van der Waals surface area contributed by atoms with Crippen LogP contribution in [0.25, 0.3) is 0 Å². The lowest BCUT2D eigenvalue weighted by molar-refractivity contribution is -0.122. The fraction of sp³-hybridized carbons (Fsp3) is 0.818. The molecule has 2 aliphatic rings. The highest BCUT2D eigenvalue weighted by atomic mass is 16.6. The van der Waals surface area contributed by atoms with Crippen molar-refractivity contribution in [2.75, 3.05) is 13.1 Å². The molecule has 16 heavy (non-hydrogen) atoms. The summed E-state index contributed by atoms with van der Waals surface area (Å²) >= 11 is 0. The monoisotopic (exact) mass is 226 g/mol. The van der Waals surface area contributed by atoms with E-state index in [1.54, 1.807) is 0 Å². The van der Waals surface area contributed by atoms with E-state index in [2.05, 4.69) is 10.6 Å². The van der Waals surface area contributed by atoms with Crippen LogP contribution in [0.15, 0.2) is 0 Å². The number of hydrogen-bond acceptors (Lipinski definition) is 4. The van der Waals surface area contributed by atoms with Gasteiger partial charge in [-0.2, -0.15) is 0 Å². The smallest absolute Gasteiger partial charge is 0.407 e. The normalized spacial score (nSPS) is 26.8. The van der Waals surface area contributed by atoms with Gasteiger partial charge < -0.3 is 15.4 Å². The Labute approximate surface area is 94.9 Å². The van der Waals surface area contributed by atoms with Crippen molar-refractivity contribution >= 4 is 11.9 Å². The minimum atomic E-state index is -0.340. The molecule has 90 valence electrons. The molecule has 1 saturated heterocycles. The van der Waals surface area contributed by atoms with Crippen LogP contribution < -0.4 is 10.6 Å². The molecule has 5 nitrogen and oxygen atoms in total. The van der Waals surface area contributed by atoms with E-state index in [-0.39, 0.29) is 24.0 Å². The second-order valence-electron chi connectivity index (χ2n) is 4.48. The lowest BCUT2D eigenvalue weighted by Gasteiger charge is -2.22. The van der Waals surface area contributed by atoms with Crippen LogP contribution in [0.1, 0.15) is 32.1 Å². The number of alkyl carbamates (subject to hydrolysis) is 1. The molecule has 2 fully saturated rings. The minimum absolute atomic E-state index is 0.0768. The number of carbonyl (C=O) groups is 2. The van der Waals surface area contributed by atoms with Crippen LogP contribution >= 0.6 is 0 Å². The van der Waals surface area contributed by atoms with Crippen molar-refractivity contribution in [3.8, 4) is 0 Å². The third-order valence-electron chi connectivity index (χ3n) is 3.15. The SMILES string of the molecule is O=C1CCC(OC(=O)NC2CCNC2)CC1. The van der Waals surface area contributed by atoms with Gasteiger partial charge in [-0.1, -0.05) is 0 Å². The van der Waals surface area contributed by atoms with Crippen LogP contribution in [0, 0.1) is 0 Å². The molecule has 1 saturated carbocycles. The molecule has 1 atom stereocenters. The quantitative estimate of drug-likeness (QED) is 0.723. The minimum Gasteiger partial charge on any atom is -0.446 e. The van der Waals surface area contributed by atoms with Crippen molar-refractivity contribution in [3.05, 3.63) is 0 Å². The van der Waals surface area contributed by atoms with Gasteiger partial charge in [0.05, 0.1) is 0 Å². The van der Waals surface area contributed by atoms with Crippen molar-refractivity contribution in [1.82, 2.24) is 10.6 Å². The van der Waals surface area contributed by atoms with E-state index in [4.69, 9.17) is 4.74 Å². The summed E-state index contributed by atoms with van der Waals surface area (Å²) in [5.41, 5.74) is 0. The largest absolute Gasteiger partial charge is 0.446 e. The van der Waals surface area contributed by atoms with Gasteiger partial charge in [-0.25, -0.2) is 4.79 Å². The van der Waals surface area contributed by atoms with Gasteiger partial charge in [-0.3, -0.25) is 4.79 Å². The molecule has 0 aromatic heterocycles. The van der Waals surface area contributed by atoms with E-state index in [0.717, 1.165) is 19.5 Å². The van der Waals surface area contributed by atoms with E-state index < -0.39 is 0 Å². The van der Waals surface area contributed by atoms with Gasteiger partial charge in [-0.05, 0) is 25.8 Å². The Bertz CT molecular complexity index is 264. The number of carbonyl (C=O) groups excluding carboxylic acids is 2. The maximum atomic E-state index is 11.5. The number of nitrogens with one attached hydrogen (secondary N) is 2. The Morgan fingerprint density at radius 1 is 1.31 bits per heavy atom. The van der Waals surface area contributed by atoms with Crippen LogP contribution in [-0.4, -0.2) is 37.1 Å². The summed E-state index contributed by atoms with van der Waals surface area (Å²) in [7, 11) is 0. The van der Waals surface area contributed by atoms with Gasteiger partial charge >= 0.3 is 6.09 Å². The second kappa shape index (κ2) is 5.30. The van der Waals surface area contributed by atoms with E-state index in [1.165, 1.54) is 0 Å². The van der Waals surface area contributed by atoms with Crippen molar-refractivity contribution < 1.29 is 14.3 Å². The molecule has 0 bridgehead atoms. The molecule has 1 amide bonds. The molecule has 0 aromatic rings. The van der Waals surface area contributed by atoms with Crippen LogP contribution in [0.5, 0.6) is 0 Å². The van der Waals surface area contributed by atoms with Crippen molar-refractivity contribution in [3.63, 3.8) is 0 Å². The molecule has 1 heterocycles. The Hall–Kier alpha value is -1.10. The van der Waals surface area contributed by atoms with E-state index in [0.29, 0.717) is 25.7 Å². The zero-order valence-corrected chi connectivity index (χ0v) is 9.33. The predicted octanol–water partition coefficient (Wildman–Crippen LogP) is 0.586. The fourth-order valence-electron chi connectivity index (χ4n) is 2.16. The Balaban J connectivity index is 1.68. The van der Waals surface area contributed by atoms with Crippen molar-refractivity contribution in [2.24, 2.45) is 0 Å². The topological polar surface area (TPSA) is 67.4 Å². The zero-order chi connectivity index (χ0) is 11.4. The predicted molar refractivity (Wildman–Crippen MR) is 58.2 cm³/mol. The number of hydrogen-bond donors (Lipinski definition) is 2. The summed E-state index contributed by atoms with van der Waals surface area (Å²) in [5, 5.41) is 6.00. The van der Waals surface area contributed by atoms with Crippen LogP contribution in [0.3, 0.4) is 0 Å². The lowest BCUT2D eigenvalue weighted by Crippen LogP contribution is -2.39. The summed E-state index contributed by atoms with van der Waals surface area (Å²) < 4.78 is 5.27. The average Bonchev–Trinajstić information content (AvgIpc) is 2.74. The summed E-state index contributed by atoms with van der Waals surface area (Å²) in [6, 6.07) is 0.192. The molecule has 0 radical (unpaired) electrons. The molecule has 5 heteroatoms.